The van der Waals surface area contributed by atoms with Crippen molar-refractivity contribution in [1.29, 1.82) is 0 Å². The second kappa shape index (κ2) is 8.08. The standard InChI is InChI=1S/C21H19N3O4S/c1-13-10-11-24(16-8-4-5-9-17(16)29-13)18(25)12-28-21(27)19-14-6-2-3-7-15(14)20(26)23-22-19/h2-9,13H,10-12H2,1H3,(H,23,26). The number of rotatable bonds is 3. The van der Waals surface area contributed by atoms with Gasteiger partial charge in [0.2, 0.25) is 0 Å². The minimum atomic E-state index is -0.753. The van der Waals surface area contributed by atoms with E-state index in [4.69, 9.17) is 4.74 Å². The predicted octanol–water partition coefficient (Wildman–Crippen LogP) is 3.00. The van der Waals surface area contributed by atoms with Gasteiger partial charge in [-0.1, -0.05) is 37.3 Å². The third-order valence-electron chi connectivity index (χ3n) is 4.76. The van der Waals surface area contributed by atoms with Crippen LogP contribution in [0.2, 0.25) is 0 Å². The zero-order valence-corrected chi connectivity index (χ0v) is 16.6. The molecule has 0 radical (unpaired) electrons. The van der Waals surface area contributed by atoms with E-state index in [9.17, 15) is 14.4 Å². The number of H-pyrrole nitrogens is 1. The van der Waals surface area contributed by atoms with Crippen LogP contribution in [0, 0.1) is 0 Å². The molecule has 148 valence electrons. The molecular weight excluding hydrogens is 390 g/mol. The SMILES string of the molecule is CC1CCN(C(=O)COC(=O)c2n[nH]c(=O)c3ccccc23)c2ccccc2S1. The minimum Gasteiger partial charge on any atom is -0.451 e. The zero-order valence-electron chi connectivity index (χ0n) is 15.8. The summed E-state index contributed by atoms with van der Waals surface area (Å²) in [4.78, 5) is 39.9. The first-order valence-corrected chi connectivity index (χ1v) is 10.1. The van der Waals surface area contributed by atoms with E-state index in [2.05, 4.69) is 17.1 Å². The Balaban J connectivity index is 1.53. The van der Waals surface area contributed by atoms with E-state index in [1.165, 1.54) is 0 Å². The number of esters is 1. The summed E-state index contributed by atoms with van der Waals surface area (Å²) in [6, 6.07) is 14.4. The molecule has 1 aliphatic rings. The molecule has 1 amide bonds. The lowest BCUT2D eigenvalue weighted by Crippen LogP contribution is -2.36. The molecule has 1 aromatic heterocycles. The van der Waals surface area contributed by atoms with Crippen molar-refractivity contribution in [2.45, 2.75) is 23.5 Å². The molecule has 0 aliphatic carbocycles. The molecule has 2 heterocycles. The molecule has 0 bridgehead atoms. The average Bonchev–Trinajstić information content (AvgIpc) is 2.90. The lowest BCUT2D eigenvalue weighted by molar-refractivity contribution is -0.121. The van der Waals surface area contributed by atoms with Crippen LogP contribution in [0.1, 0.15) is 23.8 Å². The Labute approximate surface area is 171 Å². The highest BCUT2D eigenvalue weighted by Gasteiger charge is 2.25. The number of amides is 1. The van der Waals surface area contributed by atoms with Crippen molar-refractivity contribution in [3.05, 3.63) is 64.6 Å². The van der Waals surface area contributed by atoms with Gasteiger partial charge in [-0.05, 0) is 24.6 Å². The summed E-state index contributed by atoms with van der Waals surface area (Å²) in [5.41, 5.74) is 0.421. The van der Waals surface area contributed by atoms with Gasteiger partial charge in [-0.3, -0.25) is 9.59 Å². The molecule has 4 rings (SSSR count). The zero-order chi connectivity index (χ0) is 20.4. The first kappa shape index (κ1) is 19.2. The maximum atomic E-state index is 12.8. The first-order chi connectivity index (χ1) is 14.0. The highest BCUT2D eigenvalue weighted by Crippen LogP contribution is 2.37. The summed E-state index contributed by atoms with van der Waals surface area (Å²) >= 11 is 1.73. The van der Waals surface area contributed by atoms with Crippen LogP contribution in [-0.4, -0.2) is 40.5 Å². The molecule has 29 heavy (non-hydrogen) atoms. The van der Waals surface area contributed by atoms with Gasteiger partial charge in [-0.2, -0.15) is 5.10 Å². The van der Waals surface area contributed by atoms with E-state index in [1.807, 2.05) is 24.3 Å². The molecule has 1 aliphatic heterocycles. The number of benzene rings is 2. The number of hydrogen-bond donors (Lipinski definition) is 1. The number of para-hydroxylation sites is 1. The van der Waals surface area contributed by atoms with Crippen LogP contribution in [0.3, 0.4) is 0 Å². The lowest BCUT2D eigenvalue weighted by Gasteiger charge is -2.22. The Kier molecular flexibility index (Phi) is 5.35. The number of nitrogens with one attached hydrogen (secondary N) is 1. The number of anilines is 1. The van der Waals surface area contributed by atoms with Gasteiger partial charge in [0, 0.05) is 22.1 Å². The number of ether oxygens (including phenoxy) is 1. The molecule has 2 aromatic carbocycles. The fraction of sp³-hybridized carbons (Fsp3) is 0.238. The third-order valence-corrected chi connectivity index (χ3v) is 6.00. The number of aromatic nitrogens is 2. The van der Waals surface area contributed by atoms with Crippen molar-refractivity contribution < 1.29 is 14.3 Å². The number of thioether (sulfide) groups is 1. The summed E-state index contributed by atoms with van der Waals surface area (Å²) in [5.74, 6) is -1.05. The normalized spacial score (nSPS) is 16.2. The molecule has 0 saturated carbocycles. The number of aromatic amines is 1. The first-order valence-electron chi connectivity index (χ1n) is 9.25. The Hall–Kier alpha value is -3.13. The van der Waals surface area contributed by atoms with Gasteiger partial charge < -0.3 is 9.64 Å². The Morgan fingerprint density at radius 1 is 1.17 bits per heavy atom. The fourth-order valence-electron chi connectivity index (χ4n) is 3.29. The molecule has 1 unspecified atom stereocenters. The molecule has 8 heteroatoms. The van der Waals surface area contributed by atoms with Gasteiger partial charge in [-0.25, -0.2) is 9.89 Å². The van der Waals surface area contributed by atoms with Gasteiger partial charge in [-0.15, -0.1) is 11.8 Å². The molecule has 1 atom stereocenters. The number of fused-ring (bicyclic) bond motifs is 2. The van der Waals surface area contributed by atoms with Crippen LogP contribution >= 0.6 is 11.8 Å². The number of hydrogen-bond acceptors (Lipinski definition) is 6. The van der Waals surface area contributed by atoms with Crippen LogP contribution in [0.15, 0.2) is 58.2 Å². The number of carbonyl (C=O) groups is 2. The topological polar surface area (TPSA) is 92.4 Å². The second-order valence-corrected chi connectivity index (χ2v) is 8.23. The van der Waals surface area contributed by atoms with Crippen molar-refractivity contribution >= 4 is 40.1 Å². The smallest absolute Gasteiger partial charge is 0.359 e. The van der Waals surface area contributed by atoms with E-state index >= 15 is 0 Å². The summed E-state index contributed by atoms with van der Waals surface area (Å²) in [6.45, 7) is 2.28. The second-order valence-electron chi connectivity index (χ2n) is 6.75. The Bertz CT molecular complexity index is 1140. The minimum absolute atomic E-state index is 0.0200. The Morgan fingerprint density at radius 3 is 2.72 bits per heavy atom. The largest absolute Gasteiger partial charge is 0.451 e. The molecular formula is C21H19N3O4S. The van der Waals surface area contributed by atoms with E-state index < -0.39 is 12.6 Å². The average molecular weight is 409 g/mol. The monoisotopic (exact) mass is 409 g/mol. The quantitative estimate of drug-likeness (QED) is 0.669. The van der Waals surface area contributed by atoms with Crippen molar-refractivity contribution in [2.24, 2.45) is 0 Å². The molecule has 0 spiro atoms. The van der Waals surface area contributed by atoms with Gasteiger partial charge in [0.15, 0.2) is 12.3 Å². The van der Waals surface area contributed by atoms with E-state index in [0.29, 0.717) is 22.6 Å². The van der Waals surface area contributed by atoms with Crippen molar-refractivity contribution in [1.82, 2.24) is 10.2 Å². The summed E-state index contributed by atoms with van der Waals surface area (Å²) in [7, 11) is 0. The van der Waals surface area contributed by atoms with Crippen molar-refractivity contribution in [2.75, 3.05) is 18.1 Å². The van der Waals surface area contributed by atoms with E-state index in [1.54, 1.807) is 40.9 Å². The van der Waals surface area contributed by atoms with Crippen molar-refractivity contribution in [3.8, 4) is 0 Å². The van der Waals surface area contributed by atoms with Gasteiger partial charge in [0.25, 0.3) is 11.5 Å². The van der Waals surface area contributed by atoms with Gasteiger partial charge in [0.1, 0.15) is 0 Å². The lowest BCUT2D eigenvalue weighted by atomic mass is 10.1. The maximum Gasteiger partial charge on any atom is 0.359 e. The number of carbonyl (C=O) groups excluding carboxylic acids is 2. The highest BCUT2D eigenvalue weighted by molar-refractivity contribution is 8.00. The molecule has 1 N–H and O–H groups in total. The van der Waals surface area contributed by atoms with Crippen LogP contribution in [0.4, 0.5) is 5.69 Å². The van der Waals surface area contributed by atoms with Crippen molar-refractivity contribution in [3.63, 3.8) is 0 Å². The molecule has 0 saturated heterocycles. The van der Waals surface area contributed by atoms with Crippen LogP contribution in [0.5, 0.6) is 0 Å². The van der Waals surface area contributed by atoms with Crippen LogP contribution < -0.4 is 10.5 Å². The van der Waals surface area contributed by atoms with E-state index in [-0.39, 0.29) is 17.2 Å². The third kappa shape index (κ3) is 3.88. The highest BCUT2D eigenvalue weighted by atomic mass is 32.2. The van der Waals surface area contributed by atoms with Crippen LogP contribution in [0.25, 0.3) is 10.8 Å². The maximum absolute atomic E-state index is 12.8. The summed E-state index contributed by atoms with van der Waals surface area (Å²) in [6.07, 6.45) is 0.838. The van der Waals surface area contributed by atoms with E-state index in [0.717, 1.165) is 17.0 Å². The molecule has 3 aromatic rings. The summed E-state index contributed by atoms with van der Waals surface area (Å²) in [5, 5.41) is 7.23. The number of nitrogens with zero attached hydrogens (tertiary/aromatic N) is 2. The summed E-state index contributed by atoms with van der Waals surface area (Å²) < 4.78 is 5.25. The Morgan fingerprint density at radius 2 is 1.90 bits per heavy atom. The molecule has 7 nitrogen and oxygen atoms in total. The fourth-order valence-corrected chi connectivity index (χ4v) is 4.40. The molecule has 0 fully saturated rings. The van der Waals surface area contributed by atoms with Gasteiger partial charge in [0.05, 0.1) is 11.1 Å². The van der Waals surface area contributed by atoms with Gasteiger partial charge >= 0.3 is 5.97 Å². The predicted molar refractivity (Wildman–Crippen MR) is 111 cm³/mol. The van der Waals surface area contributed by atoms with Crippen LogP contribution in [-0.2, 0) is 9.53 Å².